The molecule has 2 heterocycles. The number of rotatable bonds is 5. The molecule has 29 heavy (non-hydrogen) atoms. The van der Waals surface area contributed by atoms with Crippen LogP contribution in [0.4, 0.5) is 9.52 Å². The van der Waals surface area contributed by atoms with Crippen LogP contribution in [0, 0.1) is 23.6 Å². The van der Waals surface area contributed by atoms with E-state index < -0.39 is 11.9 Å². The molecule has 0 bridgehead atoms. The zero-order valence-corrected chi connectivity index (χ0v) is 17.0. The Morgan fingerprint density at radius 3 is 2.52 bits per heavy atom. The summed E-state index contributed by atoms with van der Waals surface area (Å²) in [4.78, 5) is 44.5. The molecule has 3 amide bonds. The lowest BCUT2D eigenvalue weighted by atomic mass is 9.85. The van der Waals surface area contributed by atoms with Crippen LogP contribution in [0.2, 0.25) is 0 Å². The van der Waals surface area contributed by atoms with Gasteiger partial charge in [-0.1, -0.05) is 37.3 Å². The van der Waals surface area contributed by atoms with E-state index in [1.54, 1.807) is 6.07 Å². The zero-order valence-electron chi connectivity index (χ0n) is 16.2. The van der Waals surface area contributed by atoms with Crippen molar-refractivity contribution in [2.75, 3.05) is 5.32 Å². The van der Waals surface area contributed by atoms with Gasteiger partial charge in [0.25, 0.3) is 0 Å². The van der Waals surface area contributed by atoms with Crippen molar-refractivity contribution >= 4 is 44.4 Å². The minimum atomic E-state index is -0.885. The number of hydrogen-bond donors (Lipinski definition) is 1. The van der Waals surface area contributed by atoms with Gasteiger partial charge in [-0.2, -0.15) is 0 Å². The first kappa shape index (κ1) is 19.7. The van der Waals surface area contributed by atoms with Crippen LogP contribution < -0.4 is 5.32 Å². The molecular weight excluding hydrogens is 393 g/mol. The lowest BCUT2D eigenvalue weighted by molar-refractivity contribution is -0.147. The van der Waals surface area contributed by atoms with Gasteiger partial charge < -0.3 is 5.32 Å². The van der Waals surface area contributed by atoms with Gasteiger partial charge in [-0.25, -0.2) is 9.37 Å². The molecule has 1 aliphatic heterocycles. The predicted molar refractivity (Wildman–Crippen MR) is 109 cm³/mol. The number of halogens is 1. The fourth-order valence-electron chi connectivity index (χ4n) is 4.05. The molecule has 0 radical (unpaired) electrons. The second-order valence-corrected chi connectivity index (χ2v) is 9.00. The first-order chi connectivity index (χ1) is 13.8. The maximum absolute atomic E-state index is 13.4. The van der Waals surface area contributed by atoms with Gasteiger partial charge in [0.1, 0.15) is 11.9 Å². The summed E-state index contributed by atoms with van der Waals surface area (Å²) in [5.74, 6) is -1.99. The van der Waals surface area contributed by atoms with Gasteiger partial charge in [0.05, 0.1) is 22.1 Å². The summed E-state index contributed by atoms with van der Waals surface area (Å²) in [6.07, 6.45) is 5.29. The van der Waals surface area contributed by atoms with Crippen LogP contribution >= 0.6 is 11.3 Å². The highest BCUT2D eigenvalue weighted by Gasteiger charge is 2.51. The van der Waals surface area contributed by atoms with Crippen molar-refractivity contribution in [3.8, 4) is 0 Å². The van der Waals surface area contributed by atoms with Crippen LogP contribution in [0.15, 0.2) is 30.4 Å². The van der Waals surface area contributed by atoms with Crippen molar-refractivity contribution in [2.45, 2.75) is 39.2 Å². The number of hydrogen-bond acceptors (Lipinski definition) is 5. The molecule has 8 heteroatoms. The Labute approximate surface area is 171 Å². The number of carbonyl (C=O) groups excluding carboxylic acids is 3. The van der Waals surface area contributed by atoms with Crippen molar-refractivity contribution < 1.29 is 18.8 Å². The normalized spacial score (nSPS) is 22.4. The average Bonchev–Trinajstić information content (AvgIpc) is 3.18. The maximum atomic E-state index is 13.4. The van der Waals surface area contributed by atoms with E-state index in [0.29, 0.717) is 34.6 Å². The molecule has 0 saturated carbocycles. The number of benzene rings is 1. The molecule has 1 N–H and O–H groups in total. The van der Waals surface area contributed by atoms with Crippen LogP contribution in [0.25, 0.3) is 10.2 Å². The Balaban J connectivity index is 1.59. The summed E-state index contributed by atoms with van der Waals surface area (Å²) in [5.41, 5.74) is 0.581. The van der Waals surface area contributed by atoms with Gasteiger partial charge in [0.2, 0.25) is 17.7 Å². The first-order valence-electron chi connectivity index (χ1n) is 9.74. The Morgan fingerprint density at radius 1 is 1.24 bits per heavy atom. The third kappa shape index (κ3) is 3.69. The standard InChI is InChI=1S/C21H22FN3O3S/c1-11(2)9-16(25-19(27)13-5-3-4-6-14(13)20(25)28)18(26)24-21-23-15-8-7-12(22)10-17(15)29-21/h3-4,7-8,10-11,13-14,16H,5-6,9H2,1-2H3,(H,23,24,26)/t13-,14-,16-/m1/s1. The number of amides is 3. The average molecular weight is 415 g/mol. The van der Waals surface area contributed by atoms with E-state index in [-0.39, 0.29) is 35.4 Å². The SMILES string of the molecule is CC(C)C[C@H](C(=O)Nc1nc2ccc(F)cc2s1)N1C(=O)[C@@H]2CC=CC[C@H]2C1=O. The predicted octanol–water partition coefficient (Wildman–Crippen LogP) is 3.74. The van der Waals surface area contributed by atoms with E-state index in [2.05, 4.69) is 10.3 Å². The number of thiazole rings is 1. The van der Waals surface area contributed by atoms with Crippen molar-refractivity contribution in [2.24, 2.45) is 17.8 Å². The van der Waals surface area contributed by atoms with Crippen LogP contribution in [0.3, 0.4) is 0 Å². The number of allylic oxidation sites excluding steroid dienone is 2. The van der Waals surface area contributed by atoms with Gasteiger partial charge in [-0.05, 0) is 43.4 Å². The molecule has 4 rings (SSSR count). The summed E-state index contributed by atoms with van der Waals surface area (Å²) in [6.45, 7) is 3.89. The van der Waals surface area contributed by atoms with Crippen LogP contribution in [0.1, 0.15) is 33.1 Å². The maximum Gasteiger partial charge on any atom is 0.249 e. The molecule has 2 aliphatic rings. The van der Waals surface area contributed by atoms with E-state index >= 15 is 0 Å². The number of nitrogens with one attached hydrogen (secondary N) is 1. The van der Waals surface area contributed by atoms with Crippen LogP contribution in [-0.2, 0) is 14.4 Å². The molecule has 0 unspecified atom stereocenters. The molecule has 0 spiro atoms. The largest absolute Gasteiger partial charge is 0.300 e. The molecule has 1 aromatic heterocycles. The summed E-state index contributed by atoms with van der Waals surface area (Å²) >= 11 is 1.16. The van der Waals surface area contributed by atoms with Gasteiger partial charge in [-0.3, -0.25) is 19.3 Å². The third-order valence-corrected chi connectivity index (χ3v) is 6.36. The molecule has 152 valence electrons. The lowest BCUT2D eigenvalue weighted by Crippen LogP contribution is -2.48. The van der Waals surface area contributed by atoms with Crippen molar-refractivity contribution in [3.05, 3.63) is 36.2 Å². The van der Waals surface area contributed by atoms with E-state index in [1.165, 1.54) is 17.0 Å². The molecule has 1 fully saturated rings. The lowest BCUT2D eigenvalue weighted by Gasteiger charge is -2.26. The summed E-state index contributed by atoms with van der Waals surface area (Å²) in [7, 11) is 0. The molecule has 2 aromatic rings. The Hall–Kier alpha value is -2.61. The van der Waals surface area contributed by atoms with E-state index in [4.69, 9.17) is 0 Å². The minimum absolute atomic E-state index is 0.108. The Morgan fingerprint density at radius 2 is 1.90 bits per heavy atom. The van der Waals surface area contributed by atoms with Crippen molar-refractivity contribution in [3.63, 3.8) is 0 Å². The molecule has 1 aromatic carbocycles. The third-order valence-electron chi connectivity index (χ3n) is 5.43. The number of nitrogens with zero attached hydrogens (tertiary/aromatic N) is 2. The summed E-state index contributed by atoms with van der Waals surface area (Å²) in [5, 5.41) is 3.06. The van der Waals surface area contributed by atoms with Gasteiger partial charge in [0.15, 0.2) is 5.13 Å². The number of fused-ring (bicyclic) bond motifs is 2. The van der Waals surface area contributed by atoms with Gasteiger partial charge in [0, 0.05) is 0 Å². The Kier molecular flexibility index (Phi) is 5.21. The highest BCUT2D eigenvalue weighted by molar-refractivity contribution is 7.22. The highest BCUT2D eigenvalue weighted by Crippen LogP contribution is 2.37. The Bertz CT molecular complexity index is 990. The van der Waals surface area contributed by atoms with Crippen molar-refractivity contribution in [1.29, 1.82) is 0 Å². The number of carbonyl (C=O) groups is 3. The fourth-order valence-corrected chi connectivity index (χ4v) is 4.94. The topological polar surface area (TPSA) is 79.4 Å². The minimum Gasteiger partial charge on any atom is -0.300 e. The van der Waals surface area contributed by atoms with E-state index in [9.17, 15) is 18.8 Å². The van der Waals surface area contributed by atoms with E-state index in [1.807, 2.05) is 26.0 Å². The van der Waals surface area contributed by atoms with Crippen LogP contribution in [-0.4, -0.2) is 33.6 Å². The van der Waals surface area contributed by atoms with Crippen LogP contribution in [0.5, 0.6) is 0 Å². The van der Waals surface area contributed by atoms with Gasteiger partial charge >= 0.3 is 0 Å². The molecular formula is C21H22FN3O3S. The second-order valence-electron chi connectivity index (χ2n) is 7.97. The molecule has 3 atom stereocenters. The number of aromatic nitrogens is 1. The number of likely N-dealkylation sites (tertiary alicyclic amines) is 1. The fraction of sp³-hybridized carbons (Fsp3) is 0.429. The highest BCUT2D eigenvalue weighted by atomic mass is 32.1. The summed E-state index contributed by atoms with van der Waals surface area (Å²) in [6, 6.07) is 3.34. The number of imide groups is 1. The van der Waals surface area contributed by atoms with Gasteiger partial charge in [-0.15, -0.1) is 0 Å². The smallest absolute Gasteiger partial charge is 0.249 e. The van der Waals surface area contributed by atoms with E-state index in [0.717, 1.165) is 11.3 Å². The second kappa shape index (κ2) is 7.67. The summed E-state index contributed by atoms with van der Waals surface area (Å²) < 4.78 is 14.0. The number of anilines is 1. The van der Waals surface area contributed by atoms with Crippen molar-refractivity contribution in [1.82, 2.24) is 9.88 Å². The zero-order chi connectivity index (χ0) is 20.7. The molecule has 1 aliphatic carbocycles. The quantitative estimate of drug-likeness (QED) is 0.596. The first-order valence-corrected chi connectivity index (χ1v) is 10.6. The molecule has 6 nitrogen and oxygen atoms in total. The monoisotopic (exact) mass is 415 g/mol. The molecule has 1 saturated heterocycles.